The molecule has 0 aromatic carbocycles. The van der Waals surface area contributed by atoms with Gasteiger partial charge in [-0.25, -0.2) is 0 Å². The van der Waals surface area contributed by atoms with Gasteiger partial charge in [-0.05, 0) is 11.0 Å². The molecule has 0 unspecified atom stereocenters. The first-order valence-corrected chi connectivity index (χ1v) is 1.62. The zero-order valence-corrected chi connectivity index (χ0v) is 2.86. The SMILES string of the molecule is C1=CNCN1.[SiH4]. The summed E-state index contributed by atoms with van der Waals surface area (Å²) in [6, 6.07) is 0. The van der Waals surface area contributed by atoms with Gasteiger partial charge in [-0.2, -0.15) is 0 Å². The van der Waals surface area contributed by atoms with Crippen molar-refractivity contribution in [1.29, 1.82) is 0 Å². The van der Waals surface area contributed by atoms with Gasteiger partial charge in [-0.15, -0.1) is 0 Å². The van der Waals surface area contributed by atoms with Crippen LogP contribution in [-0.4, -0.2) is 17.6 Å². The van der Waals surface area contributed by atoms with Crippen molar-refractivity contribution in [2.24, 2.45) is 0 Å². The fourth-order valence-corrected chi connectivity index (χ4v) is 0.295. The topological polar surface area (TPSA) is 24.1 Å². The van der Waals surface area contributed by atoms with Gasteiger partial charge in [0.25, 0.3) is 0 Å². The second-order valence-corrected chi connectivity index (χ2v) is 0.918. The van der Waals surface area contributed by atoms with Crippen LogP contribution in [0.5, 0.6) is 0 Å². The minimum atomic E-state index is 0. The second kappa shape index (κ2) is 2.78. The average molecular weight is 102 g/mol. The Hall–Kier alpha value is -0.443. The molecular formula is C3H10N2Si. The average Bonchev–Trinajstić information content (AvgIpc) is 1.76. The summed E-state index contributed by atoms with van der Waals surface area (Å²) in [5.74, 6) is 0. The molecule has 2 nitrogen and oxygen atoms in total. The molecule has 0 atom stereocenters. The van der Waals surface area contributed by atoms with Gasteiger partial charge in [0, 0.05) is 12.4 Å². The van der Waals surface area contributed by atoms with Crippen molar-refractivity contribution in [2.45, 2.75) is 0 Å². The number of hydrogen-bond donors (Lipinski definition) is 2. The monoisotopic (exact) mass is 102 g/mol. The lowest BCUT2D eigenvalue weighted by Crippen LogP contribution is -2.10. The molecule has 0 amide bonds. The minimum absolute atomic E-state index is 0. The highest BCUT2D eigenvalue weighted by Crippen LogP contribution is 1.65. The van der Waals surface area contributed by atoms with Crippen LogP contribution in [0.3, 0.4) is 0 Å². The third-order valence-electron chi connectivity index (χ3n) is 0.523. The van der Waals surface area contributed by atoms with Crippen LogP contribution in [0, 0.1) is 0 Å². The van der Waals surface area contributed by atoms with Crippen LogP contribution in [0.1, 0.15) is 0 Å². The maximum Gasteiger partial charge on any atom is 0.0840 e. The lowest BCUT2D eigenvalue weighted by molar-refractivity contribution is 0.836. The lowest BCUT2D eigenvalue weighted by Gasteiger charge is -1.82. The third kappa shape index (κ3) is 1.12. The summed E-state index contributed by atoms with van der Waals surface area (Å²) >= 11 is 0. The van der Waals surface area contributed by atoms with E-state index in [0.717, 1.165) is 6.67 Å². The Kier molecular flexibility index (Phi) is 2.57. The fraction of sp³-hybridized carbons (Fsp3) is 0.333. The Morgan fingerprint density at radius 2 is 1.67 bits per heavy atom. The fourth-order valence-electron chi connectivity index (χ4n) is 0.295. The highest BCUT2D eigenvalue weighted by atomic mass is 28.1. The van der Waals surface area contributed by atoms with Crippen molar-refractivity contribution in [3.05, 3.63) is 12.4 Å². The smallest absolute Gasteiger partial charge is 0.0840 e. The highest BCUT2D eigenvalue weighted by Gasteiger charge is 1.77. The van der Waals surface area contributed by atoms with E-state index < -0.39 is 0 Å². The molecule has 0 aliphatic carbocycles. The summed E-state index contributed by atoms with van der Waals surface area (Å²) in [6.07, 6.45) is 3.75. The normalized spacial score (nSPS) is 14.7. The predicted molar refractivity (Wildman–Crippen MR) is 31.6 cm³/mol. The molecule has 0 spiro atoms. The highest BCUT2D eigenvalue weighted by molar-refractivity contribution is 5.75. The van der Waals surface area contributed by atoms with Crippen LogP contribution < -0.4 is 10.6 Å². The Morgan fingerprint density at radius 3 is 1.83 bits per heavy atom. The van der Waals surface area contributed by atoms with Gasteiger partial charge in [0.15, 0.2) is 0 Å². The largest absolute Gasteiger partial charge is 0.373 e. The molecule has 0 radical (unpaired) electrons. The molecule has 6 heavy (non-hydrogen) atoms. The zero-order valence-electron chi connectivity index (χ0n) is 2.86. The molecule has 0 bridgehead atoms. The van der Waals surface area contributed by atoms with Gasteiger partial charge in [0.1, 0.15) is 0 Å². The van der Waals surface area contributed by atoms with E-state index in [1.165, 1.54) is 0 Å². The van der Waals surface area contributed by atoms with Crippen molar-refractivity contribution >= 4 is 11.0 Å². The molecule has 0 fully saturated rings. The Balaban J connectivity index is 0.000000250. The molecule has 0 aromatic rings. The standard InChI is InChI=1S/C3H6N2.H4Si/c1-2-5-3-4-1;/h1-2,4-5H,3H2;1H4. The van der Waals surface area contributed by atoms with Crippen molar-refractivity contribution in [1.82, 2.24) is 10.6 Å². The summed E-state index contributed by atoms with van der Waals surface area (Å²) < 4.78 is 0. The van der Waals surface area contributed by atoms with Gasteiger partial charge >= 0.3 is 0 Å². The molecule has 1 heterocycles. The van der Waals surface area contributed by atoms with Crippen LogP contribution >= 0.6 is 0 Å². The van der Waals surface area contributed by atoms with Crippen LogP contribution in [0.2, 0.25) is 0 Å². The maximum atomic E-state index is 2.93. The Labute approximate surface area is 41.6 Å². The van der Waals surface area contributed by atoms with Crippen molar-refractivity contribution in [3.8, 4) is 0 Å². The van der Waals surface area contributed by atoms with E-state index in [2.05, 4.69) is 10.6 Å². The Bertz CT molecular complexity index is 46.8. The molecule has 0 saturated carbocycles. The summed E-state index contributed by atoms with van der Waals surface area (Å²) in [5.41, 5.74) is 0. The van der Waals surface area contributed by atoms with Gasteiger partial charge in [0.05, 0.1) is 6.67 Å². The van der Waals surface area contributed by atoms with Crippen LogP contribution in [0.25, 0.3) is 0 Å². The Morgan fingerprint density at radius 1 is 1.17 bits per heavy atom. The van der Waals surface area contributed by atoms with E-state index in [-0.39, 0.29) is 11.0 Å². The van der Waals surface area contributed by atoms with E-state index >= 15 is 0 Å². The molecule has 1 rings (SSSR count). The van der Waals surface area contributed by atoms with Gasteiger partial charge in [-0.1, -0.05) is 0 Å². The van der Waals surface area contributed by atoms with Crippen molar-refractivity contribution in [3.63, 3.8) is 0 Å². The van der Waals surface area contributed by atoms with E-state index in [0.29, 0.717) is 0 Å². The first kappa shape index (κ1) is 5.56. The summed E-state index contributed by atoms with van der Waals surface area (Å²) in [5, 5.41) is 5.86. The summed E-state index contributed by atoms with van der Waals surface area (Å²) in [6.45, 7) is 0.889. The van der Waals surface area contributed by atoms with E-state index in [1.54, 1.807) is 0 Å². The molecule has 0 saturated heterocycles. The molecule has 2 N–H and O–H groups in total. The quantitative estimate of drug-likeness (QED) is 0.351. The van der Waals surface area contributed by atoms with Crippen molar-refractivity contribution in [2.75, 3.05) is 6.67 Å². The molecule has 36 valence electrons. The molecule has 1 aliphatic rings. The number of nitrogens with one attached hydrogen (secondary N) is 2. The van der Waals surface area contributed by atoms with E-state index in [9.17, 15) is 0 Å². The van der Waals surface area contributed by atoms with E-state index in [1.807, 2.05) is 12.4 Å². The first-order valence-electron chi connectivity index (χ1n) is 1.62. The molecule has 0 aromatic heterocycles. The van der Waals surface area contributed by atoms with Crippen LogP contribution in [0.4, 0.5) is 0 Å². The predicted octanol–water partition coefficient (Wildman–Crippen LogP) is -1.84. The lowest BCUT2D eigenvalue weighted by atomic mass is 11.0. The molecular weight excluding hydrogens is 92.1 g/mol. The van der Waals surface area contributed by atoms with Gasteiger partial charge in [-0.3, -0.25) is 0 Å². The van der Waals surface area contributed by atoms with Gasteiger partial charge < -0.3 is 10.6 Å². The number of rotatable bonds is 0. The third-order valence-corrected chi connectivity index (χ3v) is 0.523. The van der Waals surface area contributed by atoms with Crippen LogP contribution in [-0.2, 0) is 0 Å². The van der Waals surface area contributed by atoms with Crippen LogP contribution in [0.15, 0.2) is 12.4 Å². The maximum absolute atomic E-state index is 2.93. The second-order valence-electron chi connectivity index (χ2n) is 0.918. The molecule has 3 heteroatoms. The van der Waals surface area contributed by atoms with E-state index in [4.69, 9.17) is 0 Å². The summed E-state index contributed by atoms with van der Waals surface area (Å²) in [4.78, 5) is 0. The zero-order chi connectivity index (χ0) is 3.54. The van der Waals surface area contributed by atoms with Crippen molar-refractivity contribution < 1.29 is 0 Å². The minimum Gasteiger partial charge on any atom is -0.373 e. The first-order chi connectivity index (χ1) is 2.50. The number of hydrogen-bond acceptors (Lipinski definition) is 2. The molecule has 1 aliphatic heterocycles. The summed E-state index contributed by atoms with van der Waals surface area (Å²) in [7, 11) is 0. The van der Waals surface area contributed by atoms with Gasteiger partial charge in [0.2, 0.25) is 0 Å².